The second-order valence-electron chi connectivity index (χ2n) is 14.7. The zero-order valence-electron chi connectivity index (χ0n) is 36.5. The Labute approximate surface area is 379 Å². The summed E-state index contributed by atoms with van der Waals surface area (Å²) in [5, 5.41) is 52.3. The van der Waals surface area contributed by atoms with Crippen LogP contribution in [0.15, 0.2) is 15.0 Å². The number of amides is 6. The van der Waals surface area contributed by atoms with E-state index in [1.807, 2.05) is 0 Å². The summed E-state index contributed by atoms with van der Waals surface area (Å²) in [7, 11) is 0. The van der Waals surface area contributed by atoms with Gasteiger partial charge in [-0.05, 0) is 70.8 Å². The van der Waals surface area contributed by atoms with E-state index in [1.165, 1.54) is 0 Å². The number of carboxylic acid groups (broad SMARTS) is 3. The highest BCUT2D eigenvalue weighted by molar-refractivity contribution is 5.98. The lowest BCUT2D eigenvalue weighted by atomic mass is 10.0. The number of unbranched alkanes of at least 4 members (excludes halogenated alkanes) is 1. The highest BCUT2D eigenvalue weighted by Gasteiger charge is 2.34. The van der Waals surface area contributed by atoms with Gasteiger partial charge in [0.25, 0.3) is 0 Å². The Kier molecular flexibility index (Phi) is 29.1. The van der Waals surface area contributed by atoms with Crippen LogP contribution in [0.1, 0.15) is 77.0 Å². The van der Waals surface area contributed by atoms with Gasteiger partial charge in [0, 0.05) is 26.1 Å². The van der Waals surface area contributed by atoms with E-state index in [0.717, 1.165) is 0 Å². The van der Waals surface area contributed by atoms with E-state index in [0.29, 0.717) is 6.42 Å². The zero-order chi connectivity index (χ0) is 50.4. The fourth-order valence-corrected chi connectivity index (χ4v) is 5.70. The Morgan fingerprint density at radius 2 is 0.803 bits per heavy atom. The van der Waals surface area contributed by atoms with Crippen molar-refractivity contribution in [2.45, 2.75) is 119 Å². The summed E-state index contributed by atoms with van der Waals surface area (Å²) in [4.78, 5) is 127. The Hall–Kier alpha value is -7.08. The number of carboxylic acids is 3. The molecule has 0 unspecified atom stereocenters. The van der Waals surface area contributed by atoms with Crippen molar-refractivity contribution >= 4 is 71.2 Å². The number of guanidine groups is 3. The predicted molar refractivity (Wildman–Crippen MR) is 236 cm³/mol. The second kappa shape index (κ2) is 32.6. The molecule has 0 aliphatic rings. The standard InChI is InChI=1S/C36H67N17O13/c37-12-2-1-7-19(29(61)51-22(33(65)66)9-5-15-47-36(43)44)48-28(60)20(8-4-14-46-35(41)42)49-30(62)21(10-11-25(55)56)50-31(63)23(16-26(57)58)52-32(64)24(17-54)53-27(59)18(38)6-3-13-45-34(39)40/h18-24,54H,1-17,37-38H2,(H,48,60)(H,49,62)(H,50,63)(H,51,61)(H,52,64)(H,53,59)(H,55,56)(H,57,58)(H,65,66)(H4,39,40,45)(H4,41,42,46)(H4,43,44,47)/t18-,19-,20-,21-,22-,23-,24-/m0/s1. The Balaban J connectivity index is 6.50. The number of carbonyl (C=O) groups excluding carboxylic acids is 6. The number of aliphatic carboxylic acids is 3. The van der Waals surface area contributed by atoms with Crippen LogP contribution in [0.3, 0.4) is 0 Å². The zero-order valence-corrected chi connectivity index (χ0v) is 36.5. The fraction of sp³-hybridized carbons (Fsp3) is 0.667. The van der Waals surface area contributed by atoms with Crippen molar-refractivity contribution in [3.8, 4) is 0 Å². The van der Waals surface area contributed by atoms with Crippen molar-refractivity contribution < 1.29 is 63.6 Å². The highest BCUT2D eigenvalue weighted by atomic mass is 16.4. The number of aliphatic imine (C=N–C) groups is 3. The summed E-state index contributed by atoms with van der Waals surface area (Å²) in [6, 6.07) is -11.1. The molecule has 0 aliphatic heterocycles. The molecule has 0 aromatic carbocycles. The monoisotopic (exact) mass is 946 g/mol. The van der Waals surface area contributed by atoms with Crippen LogP contribution in [0.2, 0.25) is 0 Å². The second-order valence-corrected chi connectivity index (χ2v) is 14.7. The van der Waals surface area contributed by atoms with E-state index in [4.69, 9.17) is 45.9 Å². The van der Waals surface area contributed by atoms with Gasteiger partial charge in [-0.3, -0.25) is 53.3 Å². The summed E-state index contributed by atoms with van der Waals surface area (Å²) >= 11 is 0. The molecule has 0 fully saturated rings. The number of carbonyl (C=O) groups is 9. The molecule has 0 aliphatic carbocycles. The minimum absolute atomic E-state index is 0.0293. The maximum atomic E-state index is 13.9. The molecule has 30 heteroatoms. The lowest BCUT2D eigenvalue weighted by Gasteiger charge is -2.27. The lowest BCUT2D eigenvalue weighted by Crippen LogP contribution is -2.60. The number of nitrogens with one attached hydrogen (secondary N) is 6. The first-order valence-corrected chi connectivity index (χ1v) is 20.7. The molecular weight excluding hydrogens is 879 g/mol. The van der Waals surface area contributed by atoms with E-state index < -0.39 is 122 Å². The lowest BCUT2D eigenvalue weighted by molar-refractivity contribution is -0.143. The quantitative estimate of drug-likeness (QED) is 0.0159. The Morgan fingerprint density at radius 1 is 0.439 bits per heavy atom. The van der Waals surface area contributed by atoms with Crippen LogP contribution in [-0.4, -0.2) is 167 Å². The molecule has 6 amide bonds. The van der Waals surface area contributed by atoms with Gasteiger partial charge in [0.15, 0.2) is 17.9 Å². The summed E-state index contributed by atoms with van der Waals surface area (Å²) < 4.78 is 0. The average Bonchev–Trinajstić information content (AvgIpc) is 3.23. The smallest absolute Gasteiger partial charge is 0.326 e. The van der Waals surface area contributed by atoms with Crippen molar-refractivity contribution in [3.05, 3.63) is 0 Å². The van der Waals surface area contributed by atoms with Crippen LogP contribution in [0, 0.1) is 0 Å². The molecule has 0 saturated carbocycles. The van der Waals surface area contributed by atoms with E-state index in [2.05, 4.69) is 46.9 Å². The number of hydrogen-bond acceptors (Lipinski definition) is 15. The van der Waals surface area contributed by atoms with Gasteiger partial charge >= 0.3 is 17.9 Å². The molecule has 7 atom stereocenters. The van der Waals surface area contributed by atoms with E-state index in [1.54, 1.807) is 0 Å². The molecule has 0 aromatic rings. The van der Waals surface area contributed by atoms with Gasteiger partial charge in [0.05, 0.1) is 19.1 Å². The molecule has 0 spiro atoms. The summed E-state index contributed by atoms with van der Waals surface area (Å²) in [6.07, 6.45) is -1.66. The Bertz CT molecular complexity index is 1720. The van der Waals surface area contributed by atoms with Crippen LogP contribution in [0.4, 0.5) is 0 Å². The molecule has 374 valence electrons. The molecule has 0 bridgehead atoms. The topological polar surface area (TPSA) is 552 Å². The van der Waals surface area contributed by atoms with Gasteiger partial charge in [0.2, 0.25) is 35.4 Å². The molecule has 66 heavy (non-hydrogen) atoms. The minimum atomic E-state index is -1.98. The molecule has 0 radical (unpaired) electrons. The minimum Gasteiger partial charge on any atom is -0.481 e. The average molecular weight is 946 g/mol. The van der Waals surface area contributed by atoms with E-state index in [9.17, 15) is 63.6 Å². The van der Waals surface area contributed by atoms with Gasteiger partial charge in [0.1, 0.15) is 36.3 Å². The van der Waals surface area contributed by atoms with Crippen molar-refractivity contribution in [1.82, 2.24) is 31.9 Å². The fourth-order valence-electron chi connectivity index (χ4n) is 5.70. The summed E-state index contributed by atoms with van der Waals surface area (Å²) in [5.41, 5.74) is 43.4. The maximum Gasteiger partial charge on any atom is 0.326 e. The largest absolute Gasteiger partial charge is 0.481 e. The number of rotatable bonds is 35. The third-order valence-corrected chi connectivity index (χ3v) is 9.13. The maximum absolute atomic E-state index is 13.9. The first-order chi connectivity index (χ1) is 31.0. The predicted octanol–water partition coefficient (Wildman–Crippen LogP) is -8.07. The van der Waals surface area contributed by atoms with Crippen molar-refractivity contribution in [1.29, 1.82) is 0 Å². The number of hydrogen-bond donors (Lipinski definition) is 18. The molecular formula is C36H67N17O13. The molecule has 30 nitrogen and oxygen atoms in total. The third-order valence-electron chi connectivity index (χ3n) is 9.13. The molecule has 0 heterocycles. The number of nitrogens with two attached hydrogens (primary N) is 8. The number of aliphatic hydroxyl groups excluding tert-OH is 1. The SMILES string of the molecule is NCCCC[C@H](NC(=O)[C@H](CCCN=C(N)N)NC(=O)[C@H](CCC(=O)O)NC(=O)[C@H](CC(=O)O)NC(=O)[C@H](CO)NC(=O)[C@@H](N)CCCN=C(N)N)C(=O)N[C@@H](CCCN=C(N)N)C(=O)O. The summed E-state index contributed by atoms with van der Waals surface area (Å²) in [5.74, 6) is -11.7. The van der Waals surface area contributed by atoms with E-state index >= 15 is 0 Å². The molecule has 0 saturated heterocycles. The van der Waals surface area contributed by atoms with Crippen LogP contribution < -0.4 is 77.8 Å². The van der Waals surface area contributed by atoms with Crippen LogP contribution >= 0.6 is 0 Å². The van der Waals surface area contributed by atoms with E-state index in [-0.39, 0.29) is 95.4 Å². The normalized spacial score (nSPS) is 13.9. The van der Waals surface area contributed by atoms with Gasteiger partial charge < -0.3 is 98.2 Å². The third kappa shape index (κ3) is 26.5. The van der Waals surface area contributed by atoms with Crippen molar-refractivity contribution in [3.63, 3.8) is 0 Å². The Morgan fingerprint density at radius 3 is 1.21 bits per heavy atom. The van der Waals surface area contributed by atoms with Gasteiger partial charge in [-0.25, -0.2) is 4.79 Å². The first-order valence-electron chi connectivity index (χ1n) is 20.7. The first kappa shape index (κ1) is 58.9. The highest BCUT2D eigenvalue weighted by Crippen LogP contribution is 2.09. The molecule has 26 N–H and O–H groups in total. The number of aliphatic hydroxyl groups is 1. The van der Waals surface area contributed by atoms with Gasteiger partial charge in [-0.2, -0.15) is 0 Å². The van der Waals surface area contributed by atoms with Crippen molar-refractivity contribution in [2.24, 2.45) is 60.8 Å². The summed E-state index contributed by atoms with van der Waals surface area (Å²) in [6.45, 7) is -0.682. The molecule has 0 rings (SSSR count). The van der Waals surface area contributed by atoms with Gasteiger partial charge in [-0.15, -0.1) is 0 Å². The van der Waals surface area contributed by atoms with Crippen LogP contribution in [0.5, 0.6) is 0 Å². The van der Waals surface area contributed by atoms with Crippen LogP contribution in [0.25, 0.3) is 0 Å². The van der Waals surface area contributed by atoms with Crippen LogP contribution in [-0.2, 0) is 43.2 Å². The van der Waals surface area contributed by atoms with Gasteiger partial charge in [-0.1, -0.05) is 0 Å². The van der Waals surface area contributed by atoms with Crippen molar-refractivity contribution in [2.75, 3.05) is 32.8 Å². The molecule has 0 aromatic heterocycles. The number of nitrogens with zero attached hydrogens (tertiary/aromatic N) is 3.